The minimum atomic E-state index is -0.597. The normalized spacial score (nSPS) is 17.3. The molecule has 2 N–H and O–H groups in total. The Morgan fingerprint density at radius 3 is 2.47 bits per heavy atom. The number of hydrogen-bond acceptors (Lipinski definition) is 4. The van der Waals surface area contributed by atoms with E-state index in [1.807, 2.05) is 39.0 Å². The smallest absolute Gasteiger partial charge is 0.289 e. The first-order valence-electron chi connectivity index (χ1n) is 11.4. The summed E-state index contributed by atoms with van der Waals surface area (Å²) in [4.78, 5) is 33.9. The van der Waals surface area contributed by atoms with Gasteiger partial charge in [-0.1, -0.05) is 43.3 Å². The largest absolute Gasteiger partial charge is 0.497 e. The Kier molecular flexibility index (Phi) is 7.76. The third kappa shape index (κ3) is 5.65. The summed E-state index contributed by atoms with van der Waals surface area (Å²) in [5, 5.41) is 0. The number of hydrogen-bond donors (Lipinski definition) is 1. The number of rotatable bonds is 5. The molecule has 1 saturated heterocycles. The molecule has 3 rings (SSSR count). The molecule has 0 saturated carbocycles. The second kappa shape index (κ2) is 10.5. The highest BCUT2D eigenvalue weighted by atomic mass is 16.5. The van der Waals surface area contributed by atoms with Gasteiger partial charge in [0.2, 0.25) is 0 Å². The molecule has 1 aliphatic rings. The first kappa shape index (κ1) is 25.0. The van der Waals surface area contributed by atoms with Gasteiger partial charge in [0.05, 0.1) is 12.6 Å². The number of piperazine rings is 1. The molecule has 0 aromatic heterocycles. The average Bonchev–Trinajstić information content (AvgIpc) is 2.85. The van der Waals surface area contributed by atoms with Crippen molar-refractivity contribution in [2.75, 3.05) is 26.7 Å². The van der Waals surface area contributed by atoms with Crippen LogP contribution in [0.3, 0.4) is 0 Å². The summed E-state index contributed by atoms with van der Waals surface area (Å²) in [5.74, 6) is 0.327. The molecule has 0 bridgehead atoms. The zero-order valence-electron chi connectivity index (χ0n) is 20.6. The Balaban J connectivity index is 1.69. The predicted molar refractivity (Wildman–Crippen MR) is 135 cm³/mol. The van der Waals surface area contributed by atoms with Crippen molar-refractivity contribution in [1.29, 1.82) is 0 Å². The second-order valence-electron chi connectivity index (χ2n) is 9.25. The summed E-state index contributed by atoms with van der Waals surface area (Å²) < 4.78 is 5.23. The molecular weight excluding hydrogens is 428 g/mol. The van der Waals surface area contributed by atoms with E-state index in [4.69, 9.17) is 10.5 Å². The fourth-order valence-electron chi connectivity index (χ4n) is 4.12. The minimum Gasteiger partial charge on any atom is -0.497 e. The van der Waals surface area contributed by atoms with Crippen LogP contribution in [-0.4, -0.2) is 59.7 Å². The maximum absolute atomic E-state index is 13.1. The van der Waals surface area contributed by atoms with Crippen LogP contribution in [0.1, 0.15) is 49.5 Å². The molecule has 2 amide bonds. The molecular formula is C27H34N4O3. The lowest BCUT2D eigenvalue weighted by Gasteiger charge is -2.46. The van der Waals surface area contributed by atoms with Crippen molar-refractivity contribution in [3.8, 4) is 5.75 Å². The Labute approximate surface area is 201 Å². The van der Waals surface area contributed by atoms with Crippen LogP contribution >= 0.6 is 0 Å². The quantitative estimate of drug-likeness (QED) is 0.540. The third-order valence-electron chi connectivity index (χ3n) is 6.36. The monoisotopic (exact) mass is 462 g/mol. The van der Waals surface area contributed by atoms with E-state index in [1.165, 1.54) is 5.56 Å². The van der Waals surface area contributed by atoms with Gasteiger partial charge in [-0.05, 0) is 50.1 Å². The lowest BCUT2D eigenvalue weighted by Crippen LogP contribution is -2.63. The number of amidine groups is 1. The van der Waals surface area contributed by atoms with E-state index in [1.54, 1.807) is 47.4 Å². The summed E-state index contributed by atoms with van der Waals surface area (Å²) in [6.45, 7) is 9.12. The molecule has 1 unspecified atom stereocenters. The molecule has 1 fully saturated rings. The number of carbonyl (C=O) groups excluding carboxylic acids is 2. The first-order valence-corrected chi connectivity index (χ1v) is 11.4. The summed E-state index contributed by atoms with van der Waals surface area (Å²) in [6.07, 6.45) is 1.67. The van der Waals surface area contributed by atoms with Crippen molar-refractivity contribution < 1.29 is 14.3 Å². The van der Waals surface area contributed by atoms with Gasteiger partial charge in [-0.15, -0.1) is 0 Å². The van der Waals surface area contributed by atoms with E-state index in [-0.39, 0.29) is 23.6 Å². The van der Waals surface area contributed by atoms with Crippen molar-refractivity contribution in [2.24, 2.45) is 10.7 Å². The zero-order valence-corrected chi connectivity index (χ0v) is 20.6. The minimum absolute atomic E-state index is 0.0553. The van der Waals surface area contributed by atoms with Crippen LogP contribution in [0.2, 0.25) is 0 Å². The number of methoxy groups -OCH3 is 1. The van der Waals surface area contributed by atoms with Crippen molar-refractivity contribution in [3.05, 3.63) is 77.5 Å². The highest BCUT2D eigenvalue weighted by Gasteiger charge is 2.39. The van der Waals surface area contributed by atoms with Crippen LogP contribution in [-0.2, 0) is 4.79 Å². The molecule has 7 heteroatoms. The molecule has 34 heavy (non-hydrogen) atoms. The highest BCUT2D eigenvalue weighted by Crippen LogP contribution is 2.25. The fourth-order valence-corrected chi connectivity index (χ4v) is 4.12. The topological polar surface area (TPSA) is 88.2 Å². The number of benzene rings is 2. The molecule has 0 radical (unpaired) electrons. The van der Waals surface area contributed by atoms with Crippen molar-refractivity contribution >= 4 is 17.6 Å². The van der Waals surface area contributed by atoms with Gasteiger partial charge in [-0.3, -0.25) is 9.59 Å². The van der Waals surface area contributed by atoms with Gasteiger partial charge in [0.1, 0.15) is 5.75 Å². The number of carbonyl (C=O) groups is 2. The molecule has 1 aliphatic heterocycles. The lowest BCUT2D eigenvalue weighted by atomic mass is 9.95. The first-order chi connectivity index (χ1) is 16.1. The molecule has 0 aliphatic carbocycles. The predicted octanol–water partition coefficient (Wildman–Crippen LogP) is 3.82. The van der Waals surface area contributed by atoms with E-state index in [2.05, 4.69) is 24.0 Å². The van der Waals surface area contributed by atoms with Crippen molar-refractivity contribution in [3.63, 3.8) is 0 Å². The van der Waals surface area contributed by atoms with Crippen molar-refractivity contribution in [2.45, 2.75) is 39.2 Å². The van der Waals surface area contributed by atoms with Crippen LogP contribution in [0.15, 0.2) is 71.4 Å². The van der Waals surface area contributed by atoms with E-state index in [0.717, 1.165) is 5.57 Å². The van der Waals surface area contributed by atoms with Gasteiger partial charge in [-0.25, -0.2) is 4.99 Å². The average molecular weight is 463 g/mol. The van der Waals surface area contributed by atoms with Gasteiger partial charge in [0, 0.05) is 37.3 Å². The van der Waals surface area contributed by atoms with E-state index < -0.39 is 5.54 Å². The van der Waals surface area contributed by atoms with E-state index in [9.17, 15) is 9.59 Å². The van der Waals surface area contributed by atoms with Gasteiger partial charge >= 0.3 is 0 Å². The number of amides is 2. The Bertz CT molecular complexity index is 1090. The van der Waals surface area contributed by atoms with Crippen LogP contribution in [0.4, 0.5) is 0 Å². The van der Waals surface area contributed by atoms with Crippen LogP contribution in [0.25, 0.3) is 0 Å². The van der Waals surface area contributed by atoms with Crippen LogP contribution in [0, 0.1) is 0 Å². The van der Waals surface area contributed by atoms with Crippen molar-refractivity contribution in [1.82, 2.24) is 9.80 Å². The molecule has 1 atom stereocenters. The maximum atomic E-state index is 13.1. The molecule has 7 nitrogen and oxygen atoms in total. The van der Waals surface area contributed by atoms with Gasteiger partial charge in [0.15, 0.2) is 5.84 Å². The number of nitrogens with zero attached hydrogens (tertiary/aromatic N) is 3. The van der Waals surface area contributed by atoms with Gasteiger partial charge < -0.3 is 20.3 Å². The number of nitrogens with two attached hydrogens (primary N) is 1. The van der Waals surface area contributed by atoms with Crippen LogP contribution in [0.5, 0.6) is 5.75 Å². The Morgan fingerprint density at radius 2 is 1.82 bits per heavy atom. The Hall–Kier alpha value is -3.61. The molecule has 180 valence electrons. The number of allylic oxidation sites excluding steroid dienone is 1. The van der Waals surface area contributed by atoms with Gasteiger partial charge in [0.25, 0.3) is 11.8 Å². The second-order valence-corrected chi connectivity index (χ2v) is 9.25. The molecule has 0 spiro atoms. The molecule has 2 aromatic rings. The highest BCUT2D eigenvalue weighted by molar-refractivity contribution is 6.37. The molecule has 2 aromatic carbocycles. The summed E-state index contributed by atoms with van der Waals surface area (Å²) in [5.41, 5.74) is 8.24. The zero-order chi connectivity index (χ0) is 24.9. The molecule has 1 heterocycles. The number of aliphatic imine (C=N–C) groups is 1. The Morgan fingerprint density at radius 1 is 1.12 bits per heavy atom. The maximum Gasteiger partial charge on any atom is 0.289 e. The lowest BCUT2D eigenvalue weighted by molar-refractivity contribution is -0.132. The van der Waals surface area contributed by atoms with E-state index >= 15 is 0 Å². The summed E-state index contributed by atoms with van der Waals surface area (Å²) >= 11 is 0. The number of ether oxygens (including phenoxy) is 1. The summed E-state index contributed by atoms with van der Waals surface area (Å²) in [6, 6.07) is 17.2. The van der Waals surface area contributed by atoms with Crippen LogP contribution < -0.4 is 10.5 Å². The standard InChI is InChI=1S/C27H34N4O3/c1-19(20(2)21-10-7-6-8-11-21)17-29-24(28)26(33)31-15-14-30(18-27(31,3)4)25(32)22-12-9-13-23(16-22)34-5/h6-13,16-17,20H,14-15,18H2,1-5H3,(H2,28,29)/b19-17+. The van der Waals surface area contributed by atoms with E-state index in [0.29, 0.717) is 30.9 Å². The SMILES string of the molecule is COc1cccc(C(=O)N2CCN(C(=O)C(N)=N/C=C(\C)C(C)c3ccccc3)C(C)(C)C2)c1. The third-order valence-corrected chi connectivity index (χ3v) is 6.36. The van der Waals surface area contributed by atoms with Gasteiger partial charge in [-0.2, -0.15) is 0 Å². The summed E-state index contributed by atoms with van der Waals surface area (Å²) in [7, 11) is 1.57. The fraction of sp³-hybridized carbons (Fsp3) is 0.370.